The van der Waals surface area contributed by atoms with Crippen LogP contribution in [0.3, 0.4) is 0 Å². The molecule has 0 aromatic carbocycles. The van der Waals surface area contributed by atoms with Crippen LogP contribution in [-0.4, -0.2) is 47.5 Å². The predicted molar refractivity (Wildman–Crippen MR) is 77.7 cm³/mol. The SMILES string of the molecule is CC1(CN)CCCN(c2n[nH]c(CC3CCCO3)n2)C1. The first-order chi connectivity index (χ1) is 9.68. The first-order valence-electron chi connectivity index (χ1n) is 7.66. The smallest absolute Gasteiger partial charge is 0.244 e. The minimum absolute atomic E-state index is 0.188. The van der Waals surface area contributed by atoms with Gasteiger partial charge >= 0.3 is 0 Å². The van der Waals surface area contributed by atoms with Crippen LogP contribution >= 0.6 is 0 Å². The van der Waals surface area contributed by atoms with Crippen LogP contribution in [0.1, 0.15) is 38.4 Å². The zero-order chi connectivity index (χ0) is 14.0. The van der Waals surface area contributed by atoms with Crippen molar-refractivity contribution in [2.45, 2.75) is 45.1 Å². The van der Waals surface area contributed by atoms with Crippen molar-refractivity contribution >= 4 is 5.95 Å². The Bertz CT molecular complexity index is 443. The van der Waals surface area contributed by atoms with E-state index in [0.29, 0.717) is 6.10 Å². The fourth-order valence-electron chi connectivity index (χ4n) is 3.19. The van der Waals surface area contributed by atoms with Crippen molar-refractivity contribution in [2.24, 2.45) is 11.1 Å². The molecule has 20 heavy (non-hydrogen) atoms. The number of hydrogen-bond donors (Lipinski definition) is 2. The standard InChI is InChI=1S/C14H25N5O/c1-14(9-15)5-3-6-19(10-14)13-16-12(17-18-13)8-11-4-2-7-20-11/h11H,2-10,15H2,1H3,(H,16,17,18). The van der Waals surface area contributed by atoms with Crippen LogP contribution < -0.4 is 10.6 Å². The van der Waals surface area contributed by atoms with E-state index in [0.717, 1.165) is 63.7 Å². The van der Waals surface area contributed by atoms with Gasteiger partial charge in [-0.05, 0) is 37.6 Å². The van der Waals surface area contributed by atoms with E-state index in [1.54, 1.807) is 0 Å². The molecule has 6 nitrogen and oxygen atoms in total. The zero-order valence-electron chi connectivity index (χ0n) is 12.3. The highest BCUT2D eigenvalue weighted by Crippen LogP contribution is 2.30. The lowest BCUT2D eigenvalue weighted by Gasteiger charge is -2.39. The molecule has 2 aliphatic heterocycles. The summed E-state index contributed by atoms with van der Waals surface area (Å²) in [6.07, 6.45) is 5.79. The number of aromatic amines is 1. The van der Waals surface area contributed by atoms with E-state index in [2.05, 4.69) is 27.0 Å². The van der Waals surface area contributed by atoms with Gasteiger partial charge in [0.15, 0.2) is 0 Å². The third-order valence-electron chi connectivity index (χ3n) is 4.52. The summed E-state index contributed by atoms with van der Waals surface area (Å²) in [5, 5.41) is 7.44. The Morgan fingerprint density at radius 1 is 1.50 bits per heavy atom. The molecule has 6 heteroatoms. The lowest BCUT2D eigenvalue weighted by molar-refractivity contribution is 0.110. The van der Waals surface area contributed by atoms with Crippen LogP contribution in [0.25, 0.3) is 0 Å². The number of nitrogens with one attached hydrogen (secondary N) is 1. The quantitative estimate of drug-likeness (QED) is 0.862. The Morgan fingerprint density at radius 3 is 3.15 bits per heavy atom. The first kappa shape index (κ1) is 13.8. The van der Waals surface area contributed by atoms with Crippen molar-refractivity contribution in [3.8, 4) is 0 Å². The molecular weight excluding hydrogens is 254 g/mol. The summed E-state index contributed by atoms with van der Waals surface area (Å²) < 4.78 is 5.64. The second-order valence-corrected chi connectivity index (χ2v) is 6.46. The van der Waals surface area contributed by atoms with E-state index in [9.17, 15) is 0 Å². The Balaban J connectivity index is 1.63. The third kappa shape index (κ3) is 2.96. The topological polar surface area (TPSA) is 80.1 Å². The van der Waals surface area contributed by atoms with Gasteiger partial charge in [0.1, 0.15) is 5.82 Å². The van der Waals surface area contributed by atoms with E-state index in [1.807, 2.05) is 0 Å². The molecule has 112 valence electrons. The van der Waals surface area contributed by atoms with E-state index < -0.39 is 0 Å². The largest absolute Gasteiger partial charge is 0.378 e. The number of aromatic nitrogens is 3. The number of nitrogens with zero attached hydrogens (tertiary/aromatic N) is 3. The van der Waals surface area contributed by atoms with E-state index in [1.165, 1.54) is 6.42 Å². The maximum atomic E-state index is 5.90. The van der Waals surface area contributed by atoms with Crippen LogP contribution in [0.4, 0.5) is 5.95 Å². The highest BCUT2D eigenvalue weighted by Gasteiger charge is 2.31. The van der Waals surface area contributed by atoms with Gasteiger partial charge in [-0.25, -0.2) is 0 Å². The van der Waals surface area contributed by atoms with E-state index in [4.69, 9.17) is 10.5 Å². The summed E-state index contributed by atoms with van der Waals surface area (Å²) in [5.74, 6) is 1.75. The Hall–Kier alpha value is -1.14. The number of H-pyrrole nitrogens is 1. The van der Waals surface area contributed by atoms with Gasteiger partial charge in [-0.15, -0.1) is 5.10 Å². The van der Waals surface area contributed by atoms with Crippen molar-refractivity contribution in [2.75, 3.05) is 31.1 Å². The van der Waals surface area contributed by atoms with Crippen LogP contribution in [0.15, 0.2) is 0 Å². The summed E-state index contributed by atoms with van der Waals surface area (Å²) in [6.45, 7) is 5.82. The molecule has 0 spiro atoms. The summed E-state index contributed by atoms with van der Waals surface area (Å²) in [7, 11) is 0. The molecule has 0 radical (unpaired) electrons. The van der Waals surface area contributed by atoms with Crippen LogP contribution in [0.5, 0.6) is 0 Å². The molecule has 3 rings (SSSR count). The summed E-state index contributed by atoms with van der Waals surface area (Å²) in [5.41, 5.74) is 6.09. The van der Waals surface area contributed by atoms with Crippen molar-refractivity contribution in [3.63, 3.8) is 0 Å². The molecule has 2 unspecified atom stereocenters. The number of ether oxygens (including phenoxy) is 1. The highest BCUT2D eigenvalue weighted by atomic mass is 16.5. The molecule has 0 aliphatic carbocycles. The fourth-order valence-corrected chi connectivity index (χ4v) is 3.19. The van der Waals surface area contributed by atoms with Gasteiger partial charge in [-0.2, -0.15) is 4.98 Å². The van der Waals surface area contributed by atoms with Gasteiger partial charge in [-0.1, -0.05) is 6.92 Å². The minimum Gasteiger partial charge on any atom is -0.378 e. The van der Waals surface area contributed by atoms with E-state index in [-0.39, 0.29) is 5.41 Å². The lowest BCUT2D eigenvalue weighted by Crippen LogP contribution is -2.46. The maximum absolute atomic E-state index is 5.90. The number of piperidine rings is 1. The molecular formula is C14H25N5O. The van der Waals surface area contributed by atoms with Gasteiger partial charge in [0, 0.05) is 26.1 Å². The second-order valence-electron chi connectivity index (χ2n) is 6.46. The second kappa shape index (κ2) is 5.69. The zero-order valence-corrected chi connectivity index (χ0v) is 12.3. The van der Waals surface area contributed by atoms with Crippen LogP contribution in [0.2, 0.25) is 0 Å². The number of hydrogen-bond acceptors (Lipinski definition) is 5. The Morgan fingerprint density at radius 2 is 2.40 bits per heavy atom. The van der Waals surface area contributed by atoms with Crippen molar-refractivity contribution < 1.29 is 4.74 Å². The molecule has 0 amide bonds. The minimum atomic E-state index is 0.188. The summed E-state index contributed by atoms with van der Waals surface area (Å²) in [6, 6.07) is 0. The van der Waals surface area contributed by atoms with Gasteiger partial charge in [0.25, 0.3) is 0 Å². The van der Waals surface area contributed by atoms with Crippen molar-refractivity contribution in [1.29, 1.82) is 0 Å². The fraction of sp³-hybridized carbons (Fsp3) is 0.857. The maximum Gasteiger partial charge on any atom is 0.244 e. The van der Waals surface area contributed by atoms with Gasteiger partial charge in [-0.3, -0.25) is 5.10 Å². The third-order valence-corrected chi connectivity index (χ3v) is 4.52. The molecule has 3 N–H and O–H groups in total. The number of anilines is 1. The molecule has 2 atom stereocenters. The molecule has 3 heterocycles. The van der Waals surface area contributed by atoms with Gasteiger partial charge in [0.2, 0.25) is 5.95 Å². The van der Waals surface area contributed by atoms with Crippen LogP contribution in [0, 0.1) is 5.41 Å². The number of nitrogens with two attached hydrogens (primary N) is 1. The molecule has 0 bridgehead atoms. The highest BCUT2D eigenvalue weighted by molar-refractivity contribution is 5.30. The lowest BCUT2D eigenvalue weighted by atomic mass is 9.82. The molecule has 1 aromatic rings. The number of rotatable bonds is 4. The molecule has 0 saturated carbocycles. The summed E-state index contributed by atoms with van der Waals surface area (Å²) in [4.78, 5) is 6.89. The average Bonchev–Trinajstić information content (AvgIpc) is 3.11. The van der Waals surface area contributed by atoms with Gasteiger partial charge in [0.05, 0.1) is 6.10 Å². The predicted octanol–water partition coefficient (Wildman–Crippen LogP) is 1.09. The average molecular weight is 279 g/mol. The van der Waals surface area contributed by atoms with Crippen molar-refractivity contribution in [1.82, 2.24) is 15.2 Å². The monoisotopic (exact) mass is 279 g/mol. The normalized spacial score (nSPS) is 30.9. The first-order valence-corrected chi connectivity index (χ1v) is 7.66. The van der Waals surface area contributed by atoms with E-state index >= 15 is 0 Å². The molecule has 2 saturated heterocycles. The molecule has 2 fully saturated rings. The Labute approximate surface area is 120 Å². The van der Waals surface area contributed by atoms with Crippen LogP contribution in [-0.2, 0) is 11.2 Å². The molecule has 1 aromatic heterocycles. The summed E-state index contributed by atoms with van der Waals surface area (Å²) >= 11 is 0. The molecule has 2 aliphatic rings. The Kier molecular flexibility index (Phi) is 3.94. The van der Waals surface area contributed by atoms with Crippen molar-refractivity contribution in [3.05, 3.63) is 5.82 Å². The van der Waals surface area contributed by atoms with Gasteiger partial charge < -0.3 is 15.4 Å².